The van der Waals surface area contributed by atoms with Crippen molar-refractivity contribution in [1.29, 1.82) is 5.26 Å². The van der Waals surface area contributed by atoms with Crippen molar-refractivity contribution >= 4 is 5.82 Å². The van der Waals surface area contributed by atoms with Crippen LogP contribution in [-0.4, -0.2) is 18.7 Å². The third-order valence-corrected chi connectivity index (χ3v) is 4.19. The maximum absolute atomic E-state index is 12.1. The van der Waals surface area contributed by atoms with E-state index in [0.29, 0.717) is 6.54 Å². The van der Waals surface area contributed by atoms with Crippen LogP contribution in [0.15, 0.2) is 52.3 Å². The predicted octanol–water partition coefficient (Wildman–Crippen LogP) is 0.813. The maximum Gasteiger partial charge on any atom is 0.332 e. The Kier molecular flexibility index (Phi) is 4.71. The minimum atomic E-state index is -0.620. The third kappa shape index (κ3) is 3.15. The summed E-state index contributed by atoms with van der Waals surface area (Å²) < 4.78 is 4.14. The van der Waals surface area contributed by atoms with Gasteiger partial charge in [-0.25, -0.2) is 9.78 Å². The highest BCUT2D eigenvalue weighted by Gasteiger charge is 2.15. The molecule has 0 aliphatic rings. The molecule has 0 aliphatic carbocycles. The van der Waals surface area contributed by atoms with E-state index in [0.717, 1.165) is 16.0 Å². The van der Waals surface area contributed by atoms with Crippen LogP contribution in [0, 0.1) is 11.3 Å². The monoisotopic (exact) mass is 350 g/mol. The van der Waals surface area contributed by atoms with Crippen LogP contribution in [0.5, 0.6) is 0 Å². The van der Waals surface area contributed by atoms with Gasteiger partial charge in [-0.05, 0) is 5.56 Å². The summed E-state index contributed by atoms with van der Waals surface area (Å²) in [6.07, 6.45) is 3.55. The van der Waals surface area contributed by atoms with Crippen LogP contribution in [0.2, 0.25) is 0 Å². The molecular formula is C18H18N6O2. The van der Waals surface area contributed by atoms with E-state index in [1.807, 2.05) is 47.2 Å². The van der Waals surface area contributed by atoms with Crippen molar-refractivity contribution in [3.05, 3.63) is 80.5 Å². The molecule has 3 aromatic rings. The summed E-state index contributed by atoms with van der Waals surface area (Å²) in [5.41, 5.74) is -0.0870. The molecule has 8 heteroatoms. The van der Waals surface area contributed by atoms with Crippen LogP contribution in [0.1, 0.15) is 17.0 Å². The fourth-order valence-corrected chi connectivity index (χ4v) is 2.75. The van der Waals surface area contributed by atoms with Gasteiger partial charge in [-0.1, -0.05) is 30.3 Å². The molecule has 132 valence electrons. The lowest BCUT2D eigenvalue weighted by Gasteiger charge is -2.14. The second kappa shape index (κ2) is 7.11. The van der Waals surface area contributed by atoms with Crippen molar-refractivity contribution in [2.45, 2.75) is 13.1 Å². The lowest BCUT2D eigenvalue weighted by Crippen LogP contribution is -2.39. The molecule has 0 aliphatic heterocycles. The van der Waals surface area contributed by atoms with Crippen LogP contribution in [-0.2, 0) is 27.2 Å². The van der Waals surface area contributed by atoms with Gasteiger partial charge in [0, 0.05) is 33.0 Å². The number of imidazole rings is 1. The average molecular weight is 350 g/mol. The Morgan fingerprint density at radius 3 is 2.58 bits per heavy atom. The van der Waals surface area contributed by atoms with Gasteiger partial charge in [-0.2, -0.15) is 5.26 Å². The summed E-state index contributed by atoms with van der Waals surface area (Å²) in [7, 11) is 2.86. The molecule has 1 N–H and O–H groups in total. The lowest BCUT2D eigenvalue weighted by atomic mass is 10.2. The SMILES string of the molecule is Cn1c(NCc2nccn2Cc2ccccc2)c(C#N)c(=O)n(C)c1=O. The Balaban J connectivity index is 1.88. The first-order valence-electron chi connectivity index (χ1n) is 8.01. The van der Waals surface area contributed by atoms with Gasteiger partial charge in [0.25, 0.3) is 5.56 Å². The highest BCUT2D eigenvalue weighted by Crippen LogP contribution is 2.10. The summed E-state index contributed by atoms with van der Waals surface area (Å²) in [5.74, 6) is 0.917. The zero-order chi connectivity index (χ0) is 18.7. The third-order valence-electron chi connectivity index (χ3n) is 4.19. The Morgan fingerprint density at radius 2 is 1.88 bits per heavy atom. The fraction of sp³-hybridized carbons (Fsp3) is 0.222. The number of nitrogens with one attached hydrogen (secondary N) is 1. The summed E-state index contributed by atoms with van der Waals surface area (Å²) in [6, 6.07) is 11.8. The predicted molar refractivity (Wildman–Crippen MR) is 96.7 cm³/mol. The second-order valence-electron chi connectivity index (χ2n) is 5.85. The van der Waals surface area contributed by atoms with Crippen LogP contribution in [0.3, 0.4) is 0 Å². The number of aromatic nitrogens is 4. The van der Waals surface area contributed by atoms with Crippen LogP contribution in [0.25, 0.3) is 0 Å². The van der Waals surface area contributed by atoms with E-state index < -0.39 is 11.2 Å². The molecule has 26 heavy (non-hydrogen) atoms. The molecule has 3 rings (SSSR count). The van der Waals surface area contributed by atoms with Gasteiger partial charge in [0.15, 0.2) is 5.56 Å². The fourth-order valence-electron chi connectivity index (χ4n) is 2.75. The minimum Gasteiger partial charge on any atom is -0.363 e. The van der Waals surface area contributed by atoms with E-state index in [1.165, 1.54) is 18.7 Å². The van der Waals surface area contributed by atoms with E-state index in [-0.39, 0.29) is 17.9 Å². The van der Waals surface area contributed by atoms with Crippen molar-refractivity contribution in [3.63, 3.8) is 0 Å². The summed E-state index contributed by atoms with van der Waals surface area (Å²) in [5, 5.41) is 12.3. The first-order valence-corrected chi connectivity index (χ1v) is 8.01. The molecule has 1 aromatic carbocycles. The highest BCUT2D eigenvalue weighted by atomic mass is 16.2. The largest absolute Gasteiger partial charge is 0.363 e. The van der Waals surface area contributed by atoms with Crippen LogP contribution >= 0.6 is 0 Å². The Morgan fingerprint density at radius 1 is 1.15 bits per heavy atom. The molecule has 0 fully saturated rings. The van der Waals surface area contributed by atoms with Crippen molar-refractivity contribution in [1.82, 2.24) is 18.7 Å². The van der Waals surface area contributed by atoms with Gasteiger partial charge in [0.1, 0.15) is 17.7 Å². The van der Waals surface area contributed by atoms with Crippen LogP contribution < -0.4 is 16.6 Å². The van der Waals surface area contributed by atoms with Gasteiger partial charge >= 0.3 is 5.69 Å². The average Bonchev–Trinajstić information content (AvgIpc) is 3.09. The Hall–Kier alpha value is -3.60. The maximum atomic E-state index is 12.1. The molecule has 2 aromatic heterocycles. The molecule has 8 nitrogen and oxygen atoms in total. The lowest BCUT2D eigenvalue weighted by molar-refractivity contribution is 0.679. The standard InChI is InChI=1S/C18H18N6O2/c1-22-16(14(10-19)17(25)23(2)18(22)26)21-11-15-20-8-9-24(15)12-13-6-4-3-5-7-13/h3-9,21H,11-12H2,1-2H3. The van der Waals surface area contributed by atoms with E-state index >= 15 is 0 Å². The molecule has 0 bridgehead atoms. The topological polar surface area (TPSA) is 97.6 Å². The second-order valence-corrected chi connectivity index (χ2v) is 5.85. The van der Waals surface area contributed by atoms with E-state index in [1.54, 1.807) is 6.20 Å². The zero-order valence-electron chi connectivity index (χ0n) is 14.5. The smallest absolute Gasteiger partial charge is 0.332 e. The van der Waals surface area contributed by atoms with Crippen molar-refractivity contribution in [2.24, 2.45) is 14.1 Å². The highest BCUT2D eigenvalue weighted by molar-refractivity contribution is 5.51. The van der Waals surface area contributed by atoms with Crippen molar-refractivity contribution in [3.8, 4) is 6.07 Å². The number of nitriles is 1. The van der Waals surface area contributed by atoms with Crippen LogP contribution in [0.4, 0.5) is 5.82 Å². The molecule has 0 radical (unpaired) electrons. The van der Waals surface area contributed by atoms with E-state index in [4.69, 9.17) is 0 Å². The molecular weight excluding hydrogens is 332 g/mol. The minimum absolute atomic E-state index is 0.101. The van der Waals surface area contributed by atoms with Gasteiger partial charge in [-0.15, -0.1) is 0 Å². The van der Waals surface area contributed by atoms with Crippen molar-refractivity contribution < 1.29 is 0 Å². The Labute approximate surface area is 149 Å². The summed E-state index contributed by atoms with van der Waals surface area (Å²) >= 11 is 0. The number of hydrogen-bond donors (Lipinski definition) is 1. The number of benzene rings is 1. The quantitative estimate of drug-likeness (QED) is 0.734. The van der Waals surface area contributed by atoms with Crippen molar-refractivity contribution in [2.75, 3.05) is 5.32 Å². The molecule has 0 spiro atoms. The molecule has 0 saturated heterocycles. The van der Waals surface area contributed by atoms with Gasteiger partial charge < -0.3 is 9.88 Å². The summed E-state index contributed by atoms with van der Waals surface area (Å²) in [4.78, 5) is 28.6. The molecule has 0 unspecified atom stereocenters. The number of nitrogens with zero attached hydrogens (tertiary/aromatic N) is 5. The molecule has 2 heterocycles. The number of anilines is 1. The first-order chi connectivity index (χ1) is 12.5. The normalized spacial score (nSPS) is 10.5. The molecule has 0 amide bonds. The van der Waals surface area contributed by atoms with E-state index in [9.17, 15) is 14.9 Å². The Bertz CT molecular complexity index is 1090. The van der Waals surface area contributed by atoms with Gasteiger partial charge in [-0.3, -0.25) is 13.9 Å². The summed E-state index contributed by atoms with van der Waals surface area (Å²) in [6.45, 7) is 0.924. The molecule has 0 atom stereocenters. The van der Waals surface area contributed by atoms with E-state index in [2.05, 4.69) is 10.3 Å². The van der Waals surface area contributed by atoms with Gasteiger partial charge in [0.2, 0.25) is 0 Å². The van der Waals surface area contributed by atoms with Gasteiger partial charge in [0.05, 0.1) is 6.54 Å². The first kappa shape index (κ1) is 17.2. The number of hydrogen-bond acceptors (Lipinski definition) is 5. The zero-order valence-corrected chi connectivity index (χ0v) is 14.5. The molecule has 0 saturated carbocycles. The number of rotatable bonds is 5.